The van der Waals surface area contributed by atoms with Crippen molar-refractivity contribution in [1.29, 1.82) is 0 Å². The van der Waals surface area contributed by atoms with Gasteiger partial charge in [-0.2, -0.15) is 0 Å². The average molecular weight is 446 g/mol. The number of phenolic OH excluding ortho intramolecular Hbond substituents is 1. The standard InChI is InChI=1S/C27H31N3O3/c31-25-13-6-5-12-24(25)30-19-17-29(18-20-30)16-8-15-28-27(32)23-11-4-7-14-26(23)33-21-22-9-2-1-3-10-22/h1-7,9-14,31H,8,15-21H2,(H,28,32). The molecule has 33 heavy (non-hydrogen) atoms. The van der Waals surface area contributed by atoms with E-state index in [0.29, 0.717) is 30.2 Å². The van der Waals surface area contributed by atoms with Crippen molar-refractivity contribution in [3.63, 3.8) is 0 Å². The van der Waals surface area contributed by atoms with E-state index in [1.54, 1.807) is 12.1 Å². The van der Waals surface area contributed by atoms with E-state index in [1.807, 2.05) is 66.7 Å². The number of amides is 1. The molecule has 6 heteroatoms. The number of hydrogen-bond acceptors (Lipinski definition) is 5. The number of piperazine rings is 1. The maximum atomic E-state index is 12.7. The van der Waals surface area contributed by atoms with Gasteiger partial charge in [0, 0.05) is 32.7 Å². The van der Waals surface area contributed by atoms with Crippen LogP contribution in [0.5, 0.6) is 11.5 Å². The lowest BCUT2D eigenvalue weighted by atomic mass is 10.2. The zero-order valence-electron chi connectivity index (χ0n) is 18.8. The molecule has 6 nitrogen and oxygen atoms in total. The van der Waals surface area contributed by atoms with E-state index >= 15 is 0 Å². The number of carbonyl (C=O) groups excluding carboxylic acids is 1. The van der Waals surface area contributed by atoms with Gasteiger partial charge < -0.3 is 20.1 Å². The highest BCUT2D eigenvalue weighted by Crippen LogP contribution is 2.27. The van der Waals surface area contributed by atoms with E-state index in [9.17, 15) is 9.90 Å². The van der Waals surface area contributed by atoms with Gasteiger partial charge in [-0.05, 0) is 42.8 Å². The topological polar surface area (TPSA) is 65.0 Å². The summed E-state index contributed by atoms with van der Waals surface area (Å²) in [6.45, 7) is 5.63. The van der Waals surface area contributed by atoms with Crippen molar-refractivity contribution in [2.75, 3.05) is 44.2 Å². The summed E-state index contributed by atoms with van der Waals surface area (Å²) < 4.78 is 5.91. The van der Waals surface area contributed by atoms with Crippen molar-refractivity contribution in [2.24, 2.45) is 0 Å². The molecule has 0 aliphatic carbocycles. The van der Waals surface area contributed by atoms with Gasteiger partial charge in [-0.15, -0.1) is 0 Å². The largest absolute Gasteiger partial charge is 0.506 e. The highest BCUT2D eigenvalue weighted by atomic mass is 16.5. The van der Waals surface area contributed by atoms with E-state index in [1.165, 1.54) is 0 Å². The fourth-order valence-electron chi connectivity index (χ4n) is 4.06. The van der Waals surface area contributed by atoms with Gasteiger partial charge in [-0.3, -0.25) is 9.69 Å². The van der Waals surface area contributed by atoms with E-state index < -0.39 is 0 Å². The molecule has 3 aromatic carbocycles. The number of nitrogens with zero attached hydrogens (tertiary/aromatic N) is 2. The first kappa shape index (κ1) is 22.7. The predicted octanol–water partition coefficient (Wildman–Crippen LogP) is 3.91. The Balaban J connectivity index is 1.19. The van der Waals surface area contributed by atoms with Crippen LogP contribution in [-0.4, -0.2) is 55.2 Å². The van der Waals surface area contributed by atoms with Crippen LogP contribution in [0.4, 0.5) is 5.69 Å². The molecule has 0 saturated carbocycles. The molecule has 1 saturated heterocycles. The number of benzene rings is 3. The molecule has 172 valence electrons. The van der Waals surface area contributed by atoms with Gasteiger partial charge in [0.25, 0.3) is 5.91 Å². The second kappa shape index (κ2) is 11.4. The Kier molecular flexibility index (Phi) is 7.82. The molecule has 1 fully saturated rings. The average Bonchev–Trinajstić information content (AvgIpc) is 2.87. The number of nitrogens with one attached hydrogen (secondary N) is 1. The van der Waals surface area contributed by atoms with Gasteiger partial charge in [0.1, 0.15) is 18.1 Å². The van der Waals surface area contributed by atoms with Crippen molar-refractivity contribution in [1.82, 2.24) is 10.2 Å². The van der Waals surface area contributed by atoms with Crippen LogP contribution in [0.1, 0.15) is 22.3 Å². The van der Waals surface area contributed by atoms with Crippen LogP contribution in [0.3, 0.4) is 0 Å². The van der Waals surface area contributed by atoms with Crippen molar-refractivity contribution in [3.05, 3.63) is 90.0 Å². The third-order valence-corrected chi connectivity index (χ3v) is 5.90. The van der Waals surface area contributed by atoms with Gasteiger partial charge in [0.2, 0.25) is 0 Å². The first-order chi connectivity index (χ1) is 16.2. The summed E-state index contributed by atoms with van der Waals surface area (Å²) >= 11 is 0. The molecule has 1 aliphatic rings. The maximum absolute atomic E-state index is 12.7. The minimum Gasteiger partial charge on any atom is -0.506 e. The number of hydrogen-bond donors (Lipinski definition) is 2. The molecule has 0 aromatic heterocycles. The number of anilines is 1. The highest BCUT2D eigenvalue weighted by Gasteiger charge is 2.19. The normalized spacial score (nSPS) is 14.1. The van der Waals surface area contributed by atoms with Gasteiger partial charge in [-0.1, -0.05) is 54.6 Å². The number of phenols is 1. The van der Waals surface area contributed by atoms with Crippen LogP contribution in [0.15, 0.2) is 78.9 Å². The maximum Gasteiger partial charge on any atom is 0.255 e. The van der Waals surface area contributed by atoms with Crippen molar-refractivity contribution < 1.29 is 14.6 Å². The zero-order chi connectivity index (χ0) is 22.9. The lowest BCUT2D eigenvalue weighted by molar-refractivity contribution is 0.0947. The highest BCUT2D eigenvalue weighted by molar-refractivity contribution is 5.96. The van der Waals surface area contributed by atoms with Crippen LogP contribution in [0.2, 0.25) is 0 Å². The Bertz CT molecular complexity index is 1030. The first-order valence-electron chi connectivity index (χ1n) is 11.5. The molecule has 3 aromatic rings. The molecule has 0 atom stereocenters. The number of aromatic hydroxyl groups is 1. The van der Waals surface area contributed by atoms with E-state index in [-0.39, 0.29) is 5.91 Å². The van der Waals surface area contributed by atoms with Crippen LogP contribution < -0.4 is 15.0 Å². The quantitative estimate of drug-likeness (QED) is 0.489. The molecule has 0 bridgehead atoms. The van der Waals surface area contributed by atoms with Gasteiger partial charge in [0.15, 0.2) is 0 Å². The Morgan fingerprint density at radius 3 is 2.36 bits per heavy atom. The fraction of sp³-hybridized carbons (Fsp3) is 0.296. The molecule has 2 N–H and O–H groups in total. The molecule has 0 unspecified atom stereocenters. The van der Waals surface area contributed by atoms with E-state index in [4.69, 9.17) is 4.74 Å². The predicted molar refractivity (Wildman–Crippen MR) is 131 cm³/mol. The summed E-state index contributed by atoms with van der Waals surface area (Å²) in [6.07, 6.45) is 0.884. The lowest BCUT2D eigenvalue weighted by Crippen LogP contribution is -2.47. The number of para-hydroxylation sites is 3. The van der Waals surface area contributed by atoms with Crippen molar-refractivity contribution in [3.8, 4) is 11.5 Å². The van der Waals surface area contributed by atoms with Gasteiger partial charge in [0.05, 0.1) is 11.3 Å². The summed E-state index contributed by atoms with van der Waals surface area (Å²) in [5, 5.41) is 13.1. The summed E-state index contributed by atoms with van der Waals surface area (Å²) in [5.74, 6) is 0.823. The summed E-state index contributed by atoms with van der Waals surface area (Å²) in [4.78, 5) is 17.3. The SMILES string of the molecule is O=C(NCCCN1CCN(c2ccccc2O)CC1)c1ccccc1OCc1ccccc1. The summed E-state index contributed by atoms with van der Waals surface area (Å²) in [6, 6.07) is 24.8. The summed E-state index contributed by atoms with van der Waals surface area (Å²) in [7, 11) is 0. The number of carbonyl (C=O) groups is 1. The number of ether oxygens (including phenoxy) is 1. The Morgan fingerprint density at radius 1 is 0.879 bits per heavy atom. The Hall–Kier alpha value is -3.51. The third-order valence-electron chi connectivity index (χ3n) is 5.90. The lowest BCUT2D eigenvalue weighted by Gasteiger charge is -2.36. The minimum absolute atomic E-state index is 0.108. The first-order valence-corrected chi connectivity index (χ1v) is 11.5. The second-order valence-corrected chi connectivity index (χ2v) is 8.20. The van der Waals surface area contributed by atoms with E-state index in [2.05, 4.69) is 15.1 Å². The molecular weight excluding hydrogens is 414 g/mol. The molecule has 4 rings (SSSR count). The summed E-state index contributed by atoms with van der Waals surface area (Å²) in [5.41, 5.74) is 2.53. The van der Waals surface area contributed by atoms with Crippen LogP contribution >= 0.6 is 0 Å². The molecule has 0 spiro atoms. The minimum atomic E-state index is -0.108. The van der Waals surface area contributed by atoms with Crippen LogP contribution in [-0.2, 0) is 6.61 Å². The van der Waals surface area contributed by atoms with E-state index in [0.717, 1.165) is 50.4 Å². The third kappa shape index (κ3) is 6.26. The Labute approximate surface area is 195 Å². The molecule has 1 aliphatic heterocycles. The molecular formula is C27H31N3O3. The van der Waals surface area contributed by atoms with Gasteiger partial charge in [-0.25, -0.2) is 0 Å². The monoisotopic (exact) mass is 445 g/mol. The smallest absolute Gasteiger partial charge is 0.255 e. The Morgan fingerprint density at radius 2 is 1.58 bits per heavy atom. The van der Waals surface area contributed by atoms with Crippen LogP contribution in [0.25, 0.3) is 0 Å². The van der Waals surface area contributed by atoms with Gasteiger partial charge >= 0.3 is 0 Å². The zero-order valence-corrected chi connectivity index (χ0v) is 18.8. The molecule has 1 amide bonds. The molecule has 1 heterocycles. The van der Waals surface area contributed by atoms with Crippen molar-refractivity contribution >= 4 is 11.6 Å². The fourth-order valence-corrected chi connectivity index (χ4v) is 4.06. The van der Waals surface area contributed by atoms with Crippen molar-refractivity contribution in [2.45, 2.75) is 13.0 Å². The number of rotatable bonds is 9. The second-order valence-electron chi connectivity index (χ2n) is 8.20. The van der Waals surface area contributed by atoms with Crippen LogP contribution in [0, 0.1) is 0 Å². The molecule has 0 radical (unpaired) electrons.